The van der Waals surface area contributed by atoms with Crippen LogP contribution >= 0.6 is 23.1 Å². The molecule has 35 heavy (non-hydrogen) atoms. The van der Waals surface area contributed by atoms with Crippen molar-refractivity contribution in [2.24, 2.45) is 0 Å². The molecule has 0 spiro atoms. The number of nitrogens with zero attached hydrogens (tertiary/aromatic N) is 3. The maximum Gasteiger partial charge on any atom is 0.116 e. The molecular weight excluding hydrogens is 468 g/mol. The Morgan fingerprint density at radius 2 is 1.80 bits per heavy atom. The Hall–Kier alpha value is -2.93. The van der Waals surface area contributed by atoms with Gasteiger partial charge in [-0.3, -0.25) is 0 Å². The number of allylic oxidation sites excluding steroid dienone is 2. The summed E-state index contributed by atoms with van der Waals surface area (Å²) in [6, 6.07) is 20.0. The summed E-state index contributed by atoms with van der Waals surface area (Å²) in [7, 11) is 4.21. The lowest BCUT2D eigenvalue weighted by Gasteiger charge is -2.24. The molecule has 0 amide bonds. The summed E-state index contributed by atoms with van der Waals surface area (Å²) in [6.45, 7) is 4.06. The lowest BCUT2D eigenvalue weighted by molar-refractivity contribution is 0.402. The van der Waals surface area contributed by atoms with Gasteiger partial charge in [0.2, 0.25) is 0 Å². The summed E-state index contributed by atoms with van der Waals surface area (Å²) in [6.07, 6.45) is 6.96. The lowest BCUT2D eigenvalue weighted by atomic mass is 9.85. The summed E-state index contributed by atoms with van der Waals surface area (Å²) in [4.78, 5) is 12.6. The Morgan fingerprint density at radius 3 is 2.51 bits per heavy atom. The van der Waals surface area contributed by atoms with Crippen LogP contribution in [0.3, 0.4) is 0 Å². The van der Waals surface area contributed by atoms with Crippen LogP contribution in [0.5, 0.6) is 0 Å². The fourth-order valence-corrected chi connectivity index (χ4v) is 6.19. The molecule has 2 aromatic heterocycles. The van der Waals surface area contributed by atoms with Gasteiger partial charge in [-0.05, 0) is 78.9 Å². The van der Waals surface area contributed by atoms with Gasteiger partial charge in [0.1, 0.15) is 6.33 Å². The molecule has 3 heterocycles. The summed E-state index contributed by atoms with van der Waals surface area (Å²) < 4.78 is 1.29. The van der Waals surface area contributed by atoms with Crippen molar-refractivity contribution in [1.82, 2.24) is 20.2 Å². The van der Waals surface area contributed by atoms with E-state index in [1.54, 1.807) is 29.4 Å². The summed E-state index contributed by atoms with van der Waals surface area (Å²) in [5, 5.41) is 4.61. The topological polar surface area (TPSA) is 41.1 Å². The molecule has 0 bridgehead atoms. The molecule has 5 rings (SSSR count). The van der Waals surface area contributed by atoms with Crippen LogP contribution in [0.2, 0.25) is 0 Å². The number of hydrogen-bond acceptors (Lipinski definition) is 6. The second-order valence-corrected chi connectivity index (χ2v) is 11.2. The fourth-order valence-electron chi connectivity index (χ4n) is 4.64. The van der Waals surface area contributed by atoms with Crippen LogP contribution < -0.4 is 5.32 Å². The number of nitrogens with one attached hydrogen (secondary N) is 1. The monoisotopic (exact) mass is 498 g/mol. The van der Waals surface area contributed by atoms with Crippen LogP contribution in [-0.4, -0.2) is 41.8 Å². The van der Waals surface area contributed by atoms with Gasteiger partial charge in [-0.15, -0.1) is 23.1 Å². The smallest absolute Gasteiger partial charge is 0.116 e. The molecule has 0 unspecified atom stereocenters. The largest absolute Gasteiger partial charge is 0.387 e. The van der Waals surface area contributed by atoms with E-state index >= 15 is 0 Å². The Labute approximate surface area is 215 Å². The van der Waals surface area contributed by atoms with E-state index in [2.05, 4.69) is 103 Å². The normalized spacial score (nSPS) is 13.9. The van der Waals surface area contributed by atoms with Crippen LogP contribution in [-0.2, 0) is 6.54 Å². The highest BCUT2D eigenvalue weighted by atomic mass is 32.2. The lowest BCUT2D eigenvalue weighted by Crippen LogP contribution is -2.17. The molecule has 4 aromatic rings. The Kier molecular flexibility index (Phi) is 7.04. The van der Waals surface area contributed by atoms with Gasteiger partial charge in [0.05, 0.1) is 20.3 Å². The molecule has 4 nitrogen and oxygen atoms in total. The van der Waals surface area contributed by atoms with E-state index in [-0.39, 0.29) is 0 Å². The number of dihydropyridines is 1. The summed E-state index contributed by atoms with van der Waals surface area (Å²) in [5.74, 6) is 0. The Bertz CT molecular complexity index is 1410. The first kappa shape index (κ1) is 23.8. The van der Waals surface area contributed by atoms with Crippen LogP contribution in [0.4, 0.5) is 0 Å². The van der Waals surface area contributed by atoms with Gasteiger partial charge in [0, 0.05) is 30.2 Å². The van der Waals surface area contributed by atoms with E-state index in [1.165, 1.54) is 42.5 Å². The first-order valence-electron chi connectivity index (χ1n) is 11.9. The molecule has 0 radical (unpaired) electrons. The second-order valence-electron chi connectivity index (χ2n) is 8.98. The van der Waals surface area contributed by atoms with Crippen molar-refractivity contribution in [3.63, 3.8) is 0 Å². The van der Waals surface area contributed by atoms with Gasteiger partial charge in [-0.2, -0.15) is 0 Å². The molecule has 2 aromatic carbocycles. The van der Waals surface area contributed by atoms with Crippen molar-refractivity contribution in [3.8, 4) is 10.6 Å². The average molecular weight is 499 g/mol. The van der Waals surface area contributed by atoms with Crippen molar-refractivity contribution in [1.29, 1.82) is 0 Å². The third-order valence-corrected chi connectivity index (χ3v) is 8.49. The number of fused-ring (bicyclic) bond motifs is 1. The van der Waals surface area contributed by atoms with Crippen molar-refractivity contribution >= 4 is 45.1 Å². The minimum Gasteiger partial charge on any atom is -0.387 e. The maximum absolute atomic E-state index is 4.69. The third kappa shape index (κ3) is 4.92. The van der Waals surface area contributed by atoms with E-state index in [0.29, 0.717) is 0 Å². The van der Waals surface area contributed by atoms with Gasteiger partial charge in [-0.25, -0.2) is 9.97 Å². The average Bonchev–Trinajstić information content (AvgIpc) is 3.37. The molecule has 0 atom stereocenters. The predicted octanol–water partition coefficient (Wildman–Crippen LogP) is 6.95. The van der Waals surface area contributed by atoms with Crippen molar-refractivity contribution < 1.29 is 0 Å². The van der Waals surface area contributed by atoms with Crippen LogP contribution in [0.15, 0.2) is 76.9 Å². The summed E-state index contributed by atoms with van der Waals surface area (Å²) >= 11 is 3.55. The van der Waals surface area contributed by atoms with E-state index in [0.717, 1.165) is 36.1 Å². The minimum absolute atomic E-state index is 0.878. The van der Waals surface area contributed by atoms with Gasteiger partial charge < -0.3 is 10.2 Å². The second kappa shape index (κ2) is 10.4. The maximum atomic E-state index is 4.69. The molecule has 1 N–H and O–H groups in total. The zero-order chi connectivity index (χ0) is 24.4. The highest BCUT2D eigenvalue weighted by molar-refractivity contribution is 8.00. The molecule has 1 aliphatic heterocycles. The quantitative estimate of drug-likeness (QED) is 0.279. The van der Waals surface area contributed by atoms with Gasteiger partial charge in [-0.1, -0.05) is 37.3 Å². The number of aromatic nitrogens is 2. The first-order chi connectivity index (χ1) is 17.1. The Morgan fingerprint density at radius 1 is 1.00 bits per heavy atom. The standard InChI is InChI=1S/C29H30N4S2/c1-5-20-15-30-16-24(28(20)21-8-6-19(7-9-21)17-33(2)3)22-10-11-25-23(14-22)29(32-18-31-25)26-12-13-27(34-4)35-26/h6-14,16,18,30H,5,15,17H2,1-4H3. The molecule has 0 saturated heterocycles. The molecule has 0 aliphatic carbocycles. The number of thiophene rings is 1. The van der Waals surface area contributed by atoms with E-state index in [1.807, 2.05) is 0 Å². The number of hydrogen-bond donors (Lipinski definition) is 1. The molecule has 0 saturated carbocycles. The van der Waals surface area contributed by atoms with Crippen LogP contribution in [0.25, 0.3) is 32.6 Å². The highest BCUT2D eigenvalue weighted by Crippen LogP contribution is 2.39. The third-order valence-electron chi connectivity index (χ3n) is 6.32. The van der Waals surface area contributed by atoms with Crippen molar-refractivity contribution in [2.75, 3.05) is 26.9 Å². The van der Waals surface area contributed by atoms with Gasteiger partial charge in [0.25, 0.3) is 0 Å². The molecule has 6 heteroatoms. The fraction of sp³-hybridized carbons (Fsp3) is 0.241. The first-order valence-corrected chi connectivity index (χ1v) is 13.9. The van der Waals surface area contributed by atoms with Gasteiger partial charge in [0.15, 0.2) is 0 Å². The molecule has 1 aliphatic rings. The highest BCUT2D eigenvalue weighted by Gasteiger charge is 2.20. The molecule has 0 fully saturated rings. The molecular formula is C29H30N4S2. The predicted molar refractivity (Wildman–Crippen MR) is 152 cm³/mol. The zero-order valence-electron chi connectivity index (χ0n) is 20.6. The SMILES string of the molecule is CCC1=C(c2ccc(CN(C)C)cc2)C(c2ccc3ncnc(-c4ccc(SC)s4)c3c2)=CNC1. The van der Waals surface area contributed by atoms with Crippen LogP contribution in [0.1, 0.15) is 30.0 Å². The number of rotatable bonds is 7. The molecule has 178 valence electrons. The van der Waals surface area contributed by atoms with Crippen molar-refractivity contribution in [3.05, 3.63) is 89.4 Å². The number of benzene rings is 2. The summed E-state index contributed by atoms with van der Waals surface area (Å²) in [5.41, 5.74) is 9.73. The van der Waals surface area contributed by atoms with Crippen molar-refractivity contribution in [2.45, 2.75) is 24.1 Å². The zero-order valence-corrected chi connectivity index (χ0v) is 22.3. The Balaban J connectivity index is 1.60. The van der Waals surface area contributed by atoms with E-state index in [9.17, 15) is 0 Å². The van der Waals surface area contributed by atoms with Gasteiger partial charge >= 0.3 is 0 Å². The minimum atomic E-state index is 0.878. The van der Waals surface area contributed by atoms with E-state index < -0.39 is 0 Å². The van der Waals surface area contributed by atoms with Crippen LogP contribution in [0, 0.1) is 0 Å². The number of thioether (sulfide) groups is 1. The van der Waals surface area contributed by atoms with E-state index in [4.69, 9.17) is 4.98 Å².